The van der Waals surface area contributed by atoms with Gasteiger partial charge in [-0.25, -0.2) is 9.97 Å². The molecule has 3 aromatic rings. The quantitative estimate of drug-likeness (QED) is 0.698. The smallest absolute Gasteiger partial charge is 0.278 e. The fourth-order valence-corrected chi connectivity index (χ4v) is 2.63. The molecule has 0 aliphatic carbocycles. The van der Waals surface area contributed by atoms with Gasteiger partial charge in [-0.2, -0.15) is 0 Å². The molecule has 0 saturated heterocycles. The Morgan fingerprint density at radius 2 is 1.89 bits per heavy atom. The number of hydrogen-bond acceptors (Lipinski definition) is 5. The van der Waals surface area contributed by atoms with Crippen LogP contribution in [0.4, 0.5) is 11.5 Å². The van der Waals surface area contributed by atoms with Crippen LogP contribution in [0, 0.1) is 0 Å². The maximum Gasteiger partial charge on any atom is 0.278 e. The summed E-state index contributed by atoms with van der Waals surface area (Å²) in [6.07, 6.45) is 3.91. The zero-order chi connectivity index (χ0) is 19.1. The molecule has 0 unspecified atom stereocenters. The van der Waals surface area contributed by atoms with Gasteiger partial charge in [0, 0.05) is 19.3 Å². The van der Waals surface area contributed by atoms with E-state index >= 15 is 0 Å². The van der Waals surface area contributed by atoms with E-state index in [4.69, 9.17) is 4.74 Å². The zero-order valence-corrected chi connectivity index (χ0v) is 15.4. The summed E-state index contributed by atoms with van der Waals surface area (Å²) in [6.45, 7) is 0.707. The summed E-state index contributed by atoms with van der Waals surface area (Å²) < 4.78 is 5.23. The Morgan fingerprint density at radius 3 is 2.59 bits per heavy atom. The largest absolute Gasteiger partial charge is 0.497 e. The number of carbonyl (C=O) groups excluding carboxylic acids is 1. The summed E-state index contributed by atoms with van der Waals surface area (Å²) in [5.41, 5.74) is 2.29. The zero-order valence-electron chi connectivity index (χ0n) is 15.4. The van der Waals surface area contributed by atoms with Crippen molar-refractivity contribution in [3.63, 3.8) is 0 Å². The molecule has 0 radical (unpaired) electrons. The predicted octanol–water partition coefficient (Wildman–Crippen LogP) is 3.42. The Labute approximate surface area is 158 Å². The van der Waals surface area contributed by atoms with E-state index in [0.29, 0.717) is 18.1 Å². The number of ether oxygens (including phenoxy) is 1. The first-order chi connectivity index (χ1) is 13.2. The maximum absolute atomic E-state index is 12.5. The average molecular weight is 362 g/mol. The molecule has 3 rings (SSSR count). The Bertz CT molecular complexity index is 882. The summed E-state index contributed by atoms with van der Waals surface area (Å²) in [5.74, 6) is 1.28. The van der Waals surface area contributed by atoms with E-state index < -0.39 is 0 Å². The normalized spacial score (nSPS) is 10.3. The van der Waals surface area contributed by atoms with Gasteiger partial charge in [0.25, 0.3) is 5.91 Å². The lowest BCUT2D eigenvalue weighted by molar-refractivity contribution is 0.0988. The molecule has 1 N–H and O–H groups in total. The lowest BCUT2D eigenvalue weighted by Crippen LogP contribution is -2.27. The number of benzene rings is 2. The first kappa shape index (κ1) is 18.4. The SMILES string of the molecule is COc1cccc(CCNc2cnc(C(=O)N(C)c3ccccc3)cn2)c1. The molecule has 0 bridgehead atoms. The third-order valence-electron chi connectivity index (χ3n) is 4.17. The van der Waals surface area contributed by atoms with Crippen molar-refractivity contribution in [3.8, 4) is 5.75 Å². The van der Waals surface area contributed by atoms with Crippen molar-refractivity contribution in [1.29, 1.82) is 0 Å². The van der Waals surface area contributed by atoms with Gasteiger partial charge in [-0.3, -0.25) is 4.79 Å². The van der Waals surface area contributed by atoms with Gasteiger partial charge in [0.2, 0.25) is 0 Å². The van der Waals surface area contributed by atoms with Crippen molar-refractivity contribution >= 4 is 17.4 Å². The molecule has 0 aliphatic rings. The van der Waals surface area contributed by atoms with Crippen LogP contribution >= 0.6 is 0 Å². The van der Waals surface area contributed by atoms with Crippen LogP contribution in [0.15, 0.2) is 67.0 Å². The topological polar surface area (TPSA) is 67.3 Å². The summed E-state index contributed by atoms with van der Waals surface area (Å²) in [4.78, 5) is 22.6. The Hall–Kier alpha value is -3.41. The minimum absolute atomic E-state index is 0.198. The Kier molecular flexibility index (Phi) is 5.99. The van der Waals surface area contributed by atoms with Gasteiger partial charge in [-0.1, -0.05) is 30.3 Å². The molecular formula is C21H22N4O2. The number of anilines is 2. The first-order valence-electron chi connectivity index (χ1n) is 8.69. The number of para-hydroxylation sites is 1. The number of hydrogen-bond donors (Lipinski definition) is 1. The van der Waals surface area contributed by atoms with Crippen LogP contribution in [-0.2, 0) is 6.42 Å². The molecule has 1 amide bonds. The highest BCUT2D eigenvalue weighted by Crippen LogP contribution is 2.15. The van der Waals surface area contributed by atoms with Crippen LogP contribution in [0.5, 0.6) is 5.75 Å². The van der Waals surface area contributed by atoms with Crippen LogP contribution in [0.3, 0.4) is 0 Å². The predicted molar refractivity (Wildman–Crippen MR) is 106 cm³/mol. The van der Waals surface area contributed by atoms with E-state index in [2.05, 4.69) is 21.4 Å². The lowest BCUT2D eigenvalue weighted by Gasteiger charge is -2.16. The number of aromatic nitrogens is 2. The van der Waals surface area contributed by atoms with Crippen molar-refractivity contribution in [1.82, 2.24) is 9.97 Å². The number of rotatable bonds is 7. The number of carbonyl (C=O) groups is 1. The molecule has 1 aromatic heterocycles. The van der Waals surface area contributed by atoms with E-state index in [1.165, 1.54) is 11.8 Å². The van der Waals surface area contributed by atoms with Crippen LogP contribution in [0.1, 0.15) is 16.1 Å². The molecule has 1 heterocycles. The number of methoxy groups -OCH3 is 1. The highest BCUT2D eigenvalue weighted by molar-refractivity contribution is 6.04. The van der Waals surface area contributed by atoms with Crippen molar-refractivity contribution < 1.29 is 9.53 Å². The fraction of sp³-hybridized carbons (Fsp3) is 0.190. The lowest BCUT2D eigenvalue weighted by atomic mass is 10.1. The summed E-state index contributed by atoms with van der Waals surface area (Å²) >= 11 is 0. The summed E-state index contributed by atoms with van der Waals surface area (Å²) in [6, 6.07) is 17.4. The minimum Gasteiger partial charge on any atom is -0.497 e. The molecule has 0 spiro atoms. The molecule has 0 saturated carbocycles. The van der Waals surface area contributed by atoms with Gasteiger partial charge in [-0.05, 0) is 36.2 Å². The average Bonchev–Trinajstić information content (AvgIpc) is 2.74. The first-order valence-corrected chi connectivity index (χ1v) is 8.69. The van der Waals surface area contributed by atoms with Crippen molar-refractivity contribution in [2.75, 3.05) is 30.9 Å². The summed E-state index contributed by atoms with van der Waals surface area (Å²) in [7, 11) is 3.38. The van der Waals surface area contributed by atoms with Crippen molar-refractivity contribution in [3.05, 3.63) is 78.2 Å². The Morgan fingerprint density at radius 1 is 1.07 bits per heavy atom. The number of amides is 1. The third-order valence-corrected chi connectivity index (χ3v) is 4.17. The van der Waals surface area contributed by atoms with Crippen LogP contribution in [0.2, 0.25) is 0 Å². The summed E-state index contributed by atoms with van der Waals surface area (Å²) in [5, 5.41) is 3.22. The van der Waals surface area contributed by atoms with E-state index in [0.717, 1.165) is 17.9 Å². The second kappa shape index (κ2) is 8.80. The van der Waals surface area contributed by atoms with Gasteiger partial charge in [0.05, 0.1) is 19.5 Å². The van der Waals surface area contributed by atoms with Gasteiger partial charge in [-0.15, -0.1) is 0 Å². The maximum atomic E-state index is 12.5. The van der Waals surface area contributed by atoms with Crippen LogP contribution < -0.4 is 15.0 Å². The second-order valence-corrected chi connectivity index (χ2v) is 6.01. The van der Waals surface area contributed by atoms with Gasteiger partial charge in [0.15, 0.2) is 0 Å². The van der Waals surface area contributed by atoms with Gasteiger partial charge in [0.1, 0.15) is 17.3 Å². The highest BCUT2D eigenvalue weighted by Gasteiger charge is 2.15. The van der Waals surface area contributed by atoms with E-state index in [9.17, 15) is 4.79 Å². The molecule has 2 aromatic carbocycles. The van der Waals surface area contributed by atoms with Crippen LogP contribution in [-0.4, -0.2) is 36.6 Å². The van der Waals surface area contributed by atoms with Gasteiger partial charge >= 0.3 is 0 Å². The third kappa shape index (κ3) is 4.82. The fourth-order valence-electron chi connectivity index (χ4n) is 2.63. The molecular weight excluding hydrogens is 340 g/mol. The second-order valence-electron chi connectivity index (χ2n) is 6.01. The number of nitrogens with one attached hydrogen (secondary N) is 1. The van der Waals surface area contributed by atoms with E-state index in [1.54, 1.807) is 25.3 Å². The molecule has 6 heteroatoms. The highest BCUT2D eigenvalue weighted by atomic mass is 16.5. The van der Waals surface area contributed by atoms with Crippen LogP contribution in [0.25, 0.3) is 0 Å². The van der Waals surface area contributed by atoms with Gasteiger partial charge < -0.3 is 15.0 Å². The molecule has 138 valence electrons. The monoisotopic (exact) mass is 362 g/mol. The molecule has 27 heavy (non-hydrogen) atoms. The molecule has 0 fully saturated rings. The van der Waals surface area contributed by atoms with E-state index in [-0.39, 0.29) is 5.91 Å². The van der Waals surface area contributed by atoms with Crippen molar-refractivity contribution in [2.45, 2.75) is 6.42 Å². The standard InChI is InChI=1S/C21H22N4O2/c1-25(17-8-4-3-5-9-17)21(26)19-14-24-20(15-23-19)22-12-11-16-7-6-10-18(13-16)27-2/h3-10,13-15H,11-12H2,1-2H3,(H,22,24). The van der Waals surface area contributed by atoms with Crippen molar-refractivity contribution in [2.24, 2.45) is 0 Å². The number of nitrogens with zero attached hydrogens (tertiary/aromatic N) is 3. The minimum atomic E-state index is -0.198. The van der Waals surface area contributed by atoms with E-state index in [1.807, 2.05) is 48.5 Å². The Balaban J connectivity index is 1.56. The molecule has 0 aliphatic heterocycles. The molecule has 0 atom stereocenters. The molecule has 6 nitrogen and oxygen atoms in total.